The number of hydrogen-bond donors (Lipinski definition) is 2. The van der Waals surface area contributed by atoms with Crippen molar-refractivity contribution in [1.82, 2.24) is 15.2 Å². The lowest BCUT2D eigenvalue weighted by atomic mass is 9.92. The molecule has 0 spiro atoms. The summed E-state index contributed by atoms with van der Waals surface area (Å²) in [7, 11) is 0. The highest BCUT2D eigenvalue weighted by molar-refractivity contribution is 6.17. The number of pyridine rings is 1. The van der Waals surface area contributed by atoms with Gasteiger partial charge in [-0.05, 0) is 75.5 Å². The Balaban J connectivity index is 0.00000231. The van der Waals surface area contributed by atoms with Crippen molar-refractivity contribution in [3.05, 3.63) is 84.1 Å². The second-order valence-electron chi connectivity index (χ2n) is 10.2. The molecule has 41 heavy (non-hydrogen) atoms. The summed E-state index contributed by atoms with van der Waals surface area (Å²) in [6, 6.07) is 20.1. The van der Waals surface area contributed by atoms with Crippen molar-refractivity contribution in [2.24, 2.45) is 5.92 Å². The molecule has 0 unspecified atom stereocenters. The minimum Gasteiger partial charge on any atom is -0.319 e. The van der Waals surface area contributed by atoms with E-state index in [9.17, 15) is 14.4 Å². The van der Waals surface area contributed by atoms with Gasteiger partial charge in [0.2, 0.25) is 5.91 Å². The van der Waals surface area contributed by atoms with Crippen LogP contribution in [0.2, 0.25) is 0 Å². The van der Waals surface area contributed by atoms with Crippen LogP contribution in [0.3, 0.4) is 0 Å². The molecule has 1 saturated heterocycles. The quantitative estimate of drug-likeness (QED) is 0.236. The zero-order valence-electron chi connectivity index (χ0n) is 23.0. The first kappa shape index (κ1) is 32.2. The number of para-hydroxylation sites is 1. The first-order chi connectivity index (χ1) is 19.1. The predicted molar refractivity (Wildman–Crippen MR) is 167 cm³/mol. The van der Waals surface area contributed by atoms with Gasteiger partial charge in [-0.1, -0.05) is 42.5 Å². The van der Waals surface area contributed by atoms with Crippen LogP contribution in [0.15, 0.2) is 72.9 Å². The molecule has 218 valence electrons. The average molecular weight is 599 g/mol. The third kappa shape index (κ3) is 8.14. The molecule has 2 aliphatic heterocycles. The highest BCUT2D eigenvalue weighted by Gasteiger charge is 2.31. The molecule has 1 fully saturated rings. The van der Waals surface area contributed by atoms with Crippen LogP contribution in [-0.2, 0) is 4.79 Å². The summed E-state index contributed by atoms with van der Waals surface area (Å²) in [4.78, 5) is 46.8. The number of piperidine rings is 1. The largest absolute Gasteiger partial charge is 0.319 e. The molecule has 0 aliphatic carbocycles. The lowest BCUT2D eigenvalue weighted by molar-refractivity contribution is -0.119. The van der Waals surface area contributed by atoms with Gasteiger partial charge in [-0.25, -0.2) is 4.98 Å². The number of aromatic nitrogens is 1. The van der Waals surface area contributed by atoms with Crippen molar-refractivity contribution in [1.29, 1.82) is 0 Å². The molecule has 1 aromatic heterocycles. The van der Waals surface area contributed by atoms with Crippen molar-refractivity contribution in [2.75, 3.05) is 42.9 Å². The van der Waals surface area contributed by atoms with Gasteiger partial charge in [-0.15, -0.1) is 24.8 Å². The Bertz CT molecular complexity index is 1320. The summed E-state index contributed by atoms with van der Waals surface area (Å²) in [5.74, 6) is 0.941. The first-order valence-corrected chi connectivity index (χ1v) is 13.8. The molecular formula is C31H37Cl2N5O3. The number of fused-ring (bicyclic) bond motifs is 2. The van der Waals surface area contributed by atoms with E-state index in [4.69, 9.17) is 0 Å². The average Bonchev–Trinajstić information content (AvgIpc) is 3.09. The predicted octanol–water partition coefficient (Wildman–Crippen LogP) is 5.51. The van der Waals surface area contributed by atoms with Gasteiger partial charge in [-0.2, -0.15) is 0 Å². The van der Waals surface area contributed by atoms with Gasteiger partial charge in [0.05, 0.1) is 23.5 Å². The second-order valence-corrected chi connectivity index (χ2v) is 10.2. The van der Waals surface area contributed by atoms with Crippen LogP contribution in [0, 0.1) is 5.92 Å². The van der Waals surface area contributed by atoms with Gasteiger partial charge in [-0.3, -0.25) is 24.2 Å². The van der Waals surface area contributed by atoms with E-state index >= 15 is 0 Å². The fraction of sp³-hybridized carbons (Fsp3) is 0.355. The summed E-state index contributed by atoms with van der Waals surface area (Å²) < 4.78 is 0. The number of likely N-dealkylation sites (tertiary alicyclic amines) is 1. The van der Waals surface area contributed by atoms with Crippen molar-refractivity contribution in [3.63, 3.8) is 0 Å². The maximum absolute atomic E-state index is 13.6. The fourth-order valence-electron chi connectivity index (χ4n) is 5.40. The van der Waals surface area contributed by atoms with Crippen molar-refractivity contribution in [3.8, 4) is 0 Å². The minimum absolute atomic E-state index is 0. The Morgan fingerprint density at radius 1 is 0.927 bits per heavy atom. The summed E-state index contributed by atoms with van der Waals surface area (Å²) >= 11 is 0. The Morgan fingerprint density at radius 3 is 2.44 bits per heavy atom. The summed E-state index contributed by atoms with van der Waals surface area (Å²) in [5.41, 5.74) is 2.32. The molecule has 2 N–H and O–H groups in total. The maximum atomic E-state index is 13.6. The topological polar surface area (TPSA) is 94.6 Å². The fourth-order valence-corrected chi connectivity index (χ4v) is 5.40. The van der Waals surface area contributed by atoms with E-state index in [1.165, 1.54) is 0 Å². The van der Waals surface area contributed by atoms with E-state index in [1.807, 2.05) is 36.4 Å². The number of nitrogens with one attached hydrogen (secondary N) is 2. The van der Waals surface area contributed by atoms with Crippen LogP contribution >= 0.6 is 24.8 Å². The zero-order chi connectivity index (χ0) is 27.0. The monoisotopic (exact) mass is 597 g/mol. The highest BCUT2D eigenvalue weighted by atomic mass is 35.5. The molecular weight excluding hydrogens is 561 g/mol. The number of carbonyl (C=O) groups is 3. The molecule has 5 rings (SSSR count). The highest BCUT2D eigenvalue weighted by Crippen LogP contribution is 2.36. The number of hydrogen-bond acceptors (Lipinski definition) is 6. The number of Topliss-reactive ketones (excluding diaryl/α,β-unsaturated/α-hetero) is 1. The van der Waals surface area contributed by atoms with E-state index in [0.717, 1.165) is 50.9 Å². The van der Waals surface area contributed by atoms with E-state index in [2.05, 4.69) is 20.5 Å². The molecule has 8 nitrogen and oxygen atoms in total. The smallest absolute Gasteiger partial charge is 0.257 e. The van der Waals surface area contributed by atoms with Crippen LogP contribution in [-0.4, -0.2) is 60.2 Å². The second kappa shape index (κ2) is 15.6. The van der Waals surface area contributed by atoms with Crippen LogP contribution < -0.4 is 15.5 Å². The van der Waals surface area contributed by atoms with Crippen LogP contribution in [0.1, 0.15) is 52.8 Å². The third-order valence-corrected chi connectivity index (χ3v) is 7.54. The van der Waals surface area contributed by atoms with Crippen molar-refractivity contribution in [2.45, 2.75) is 32.1 Å². The van der Waals surface area contributed by atoms with E-state index in [0.29, 0.717) is 41.6 Å². The van der Waals surface area contributed by atoms with E-state index in [1.54, 1.807) is 41.4 Å². The van der Waals surface area contributed by atoms with Gasteiger partial charge in [0.1, 0.15) is 0 Å². The maximum Gasteiger partial charge on any atom is 0.257 e. The molecule has 0 radical (unpaired) electrons. The Labute approximate surface area is 253 Å². The van der Waals surface area contributed by atoms with Gasteiger partial charge in [0, 0.05) is 24.7 Å². The Morgan fingerprint density at radius 2 is 1.66 bits per heavy atom. The summed E-state index contributed by atoms with van der Waals surface area (Å²) in [6.45, 7) is 3.64. The Kier molecular flexibility index (Phi) is 12.3. The molecule has 0 atom stereocenters. The molecule has 3 heterocycles. The van der Waals surface area contributed by atoms with Crippen LogP contribution in [0.5, 0.6) is 0 Å². The number of ketones is 1. The van der Waals surface area contributed by atoms with Crippen LogP contribution in [0.25, 0.3) is 0 Å². The van der Waals surface area contributed by atoms with Gasteiger partial charge in [0.15, 0.2) is 11.6 Å². The van der Waals surface area contributed by atoms with E-state index < -0.39 is 0 Å². The molecule has 2 aromatic carbocycles. The molecule has 10 heteroatoms. The normalized spacial score (nSPS) is 14.9. The standard InChI is InChI=1S/C31H35N5O3.2ClH/c37-28(24-9-2-1-3-10-24)14-19-32-17-6-8-23-15-20-35(21-16-23)22-29(38)36-27-13-5-4-11-25(27)31(39)34-26-12-7-18-33-30(26)36;;/h1-5,7,9-13,18,23,32H,6,8,14-17,19-22H2,(H,34,39);2*1H. The number of rotatable bonds is 10. The number of nitrogens with zero attached hydrogens (tertiary/aromatic N) is 3. The van der Waals surface area contributed by atoms with Gasteiger partial charge in [0.25, 0.3) is 5.91 Å². The molecule has 2 aliphatic rings. The number of halogens is 2. The van der Waals surface area contributed by atoms with Gasteiger partial charge < -0.3 is 10.6 Å². The third-order valence-electron chi connectivity index (χ3n) is 7.54. The van der Waals surface area contributed by atoms with Gasteiger partial charge >= 0.3 is 0 Å². The molecule has 3 aromatic rings. The SMILES string of the molecule is Cl.Cl.O=C(CCNCCCC1CCN(CC(=O)N2c3ccccc3C(=O)Nc3cccnc32)CC1)c1ccccc1. The first-order valence-electron chi connectivity index (χ1n) is 13.8. The number of anilines is 3. The molecule has 0 saturated carbocycles. The lowest BCUT2D eigenvalue weighted by Gasteiger charge is -2.33. The zero-order valence-corrected chi connectivity index (χ0v) is 24.6. The lowest BCUT2D eigenvalue weighted by Crippen LogP contribution is -2.42. The Hall–Kier alpha value is -3.30. The molecule has 0 bridgehead atoms. The number of benzene rings is 2. The van der Waals surface area contributed by atoms with Crippen LogP contribution in [0.4, 0.5) is 17.2 Å². The summed E-state index contributed by atoms with van der Waals surface area (Å²) in [5, 5.41) is 6.29. The molecule has 2 amide bonds. The number of amides is 2. The summed E-state index contributed by atoms with van der Waals surface area (Å²) in [6.07, 6.45) is 6.50. The van der Waals surface area contributed by atoms with Crippen molar-refractivity contribution >= 4 is 59.6 Å². The number of carbonyl (C=O) groups excluding carboxylic acids is 3. The minimum atomic E-state index is -0.242. The van der Waals surface area contributed by atoms with Crippen molar-refractivity contribution < 1.29 is 14.4 Å². The van der Waals surface area contributed by atoms with E-state index in [-0.39, 0.29) is 49.0 Å².